The van der Waals surface area contributed by atoms with Gasteiger partial charge in [0.05, 0.1) is 23.7 Å². The van der Waals surface area contributed by atoms with Crippen molar-refractivity contribution in [2.24, 2.45) is 29.6 Å². The number of aromatic hydroxyl groups is 1. The molecule has 1 N–H and O–H groups in total. The van der Waals surface area contributed by atoms with Crippen LogP contribution in [0.15, 0.2) is 35.9 Å². The maximum atomic E-state index is 13.7. The fourth-order valence-corrected chi connectivity index (χ4v) is 6.97. The molecular formula is C28H34N2O5. The number of carbonyl (C=O) groups excluding carboxylic acids is 4. The standard InChI is InChI=1S/C28H34N2O5/c1-27(2,3)29-23(32)17-12-11-16-18(21(17)25(29)34)13-19-22(20(16)14-7-9-15(31)10-8-14)26(35)30(24(19)33)28(4,5)6/h7-11,17-22,31H,12-13H2,1-6H3/t17-,18+,19+,20-,21-,22+/m0/s1. The first-order chi connectivity index (χ1) is 16.2. The molecule has 4 aliphatic rings. The summed E-state index contributed by atoms with van der Waals surface area (Å²) in [4.78, 5) is 57.2. The minimum absolute atomic E-state index is 0.123. The van der Waals surface area contributed by atoms with Gasteiger partial charge in [-0.15, -0.1) is 0 Å². The van der Waals surface area contributed by atoms with Gasteiger partial charge in [0.2, 0.25) is 23.6 Å². The molecule has 2 heterocycles. The number of amides is 4. The Morgan fingerprint density at radius 1 is 0.714 bits per heavy atom. The van der Waals surface area contributed by atoms with Crippen molar-refractivity contribution in [3.8, 4) is 5.75 Å². The van der Waals surface area contributed by atoms with Crippen LogP contribution in [-0.4, -0.2) is 49.6 Å². The van der Waals surface area contributed by atoms with Crippen LogP contribution in [0.1, 0.15) is 65.9 Å². The van der Waals surface area contributed by atoms with Crippen LogP contribution < -0.4 is 0 Å². The van der Waals surface area contributed by atoms with Crippen LogP contribution in [0.3, 0.4) is 0 Å². The molecule has 186 valence electrons. The lowest BCUT2D eigenvalue weighted by atomic mass is 9.57. The minimum atomic E-state index is -0.657. The number of likely N-dealkylation sites (tertiary alicyclic amines) is 2. The van der Waals surface area contributed by atoms with Gasteiger partial charge in [-0.1, -0.05) is 23.8 Å². The molecular weight excluding hydrogens is 444 g/mol. The van der Waals surface area contributed by atoms with Gasteiger partial charge in [0.25, 0.3) is 0 Å². The maximum absolute atomic E-state index is 13.7. The molecule has 0 aromatic heterocycles. The number of allylic oxidation sites excluding steroid dienone is 2. The fraction of sp³-hybridized carbons (Fsp3) is 0.571. The molecule has 35 heavy (non-hydrogen) atoms. The maximum Gasteiger partial charge on any atom is 0.234 e. The molecule has 3 fully saturated rings. The highest BCUT2D eigenvalue weighted by molar-refractivity contribution is 6.08. The summed E-state index contributed by atoms with van der Waals surface area (Å²) < 4.78 is 0. The summed E-state index contributed by atoms with van der Waals surface area (Å²) in [6.45, 7) is 11.2. The van der Waals surface area contributed by atoms with E-state index in [9.17, 15) is 24.3 Å². The Hall–Kier alpha value is -2.96. The van der Waals surface area contributed by atoms with Gasteiger partial charge >= 0.3 is 0 Å². The van der Waals surface area contributed by atoms with Gasteiger partial charge in [0.15, 0.2) is 0 Å². The zero-order valence-corrected chi connectivity index (χ0v) is 21.2. The highest BCUT2D eigenvalue weighted by Gasteiger charge is 2.63. The second-order valence-corrected chi connectivity index (χ2v) is 12.5. The van der Waals surface area contributed by atoms with Gasteiger partial charge in [-0.05, 0) is 78.0 Å². The third-order valence-electron chi connectivity index (χ3n) is 8.24. The molecule has 2 saturated heterocycles. The van der Waals surface area contributed by atoms with Crippen molar-refractivity contribution in [1.82, 2.24) is 9.80 Å². The first-order valence-corrected chi connectivity index (χ1v) is 12.5. The molecule has 0 bridgehead atoms. The van der Waals surface area contributed by atoms with E-state index in [2.05, 4.69) is 6.08 Å². The Bertz CT molecular complexity index is 1150. The number of benzene rings is 1. The lowest BCUT2D eigenvalue weighted by Gasteiger charge is -2.44. The van der Waals surface area contributed by atoms with E-state index in [0.29, 0.717) is 12.8 Å². The average Bonchev–Trinajstić information content (AvgIpc) is 3.16. The van der Waals surface area contributed by atoms with Crippen LogP contribution in [-0.2, 0) is 19.2 Å². The smallest absolute Gasteiger partial charge is 0.234 e. The summed E-state index contributed by atoms with van der Waals surface area (Å²) in [5.74, 6) is -3.29. The fourth-order valence-electron chi connectivity index (χ4n) is 6.97. The largest absolute Gasteiger partial charge is 0.508 e. The molecule has 0 radical (unpaired) electrons. The molecule has 6 atom stereocenters. The summed E-state index contributed by atoms with van der Waals surface area (Å²) >= 11 is 0. The predicted octanol–water partition coefficient (Wildman–Crippen LogP) is 3.63. The van der Waals surface area contributed by atoms with Crippen LogP contribution in [0.4, 0.5) is 0 Å². The number of imide groups is 2. The Kier molecular flexibility index (Phi) is 5.10. The monoisotopic (exact) mass is 478 g/mol. The zero-order valence-electron chi connectivity index (χ0n) is 21.2. The van der Waals surface area contributed by atoms with Gasteiger partial charge in [-0.3, -0.25) is 29.0 Å². The molecule has 1 saturated carbocycles. The molecule has 1 aromatic rings. The van der Waals surface area contributed by atoms with E-state index in [1.54, 1.807) is 24.3 Å². The summed E-state index contributed by atoms with van der Waals surface area (Å²) in [6.07, 6.45) is 2.89. The normalized spacial score (nSPS) is 33.0. The molecule has 7 heteroatoms. The average molecular weight is 479 g/mol. The third-order valence-corrected chi connectivity index (χ3v) is 8.24. The van der Waals surface area contributed by atoms with Gasteiger partial charge in [-0.2, -0.15) is 0 Å². The van der Waals surface area contributed by atoms with Crippen LogP contribution in [0, 0.1) is 29.6 Å². The van der Waals surface area contributed by atoms with Crippen molar-refractivity contribution < 1.29 is 24.3 Å². The highest BCUT2D eigenvalue weighted by atomic mass is 16.3. The molecule has 4 amide bonds. The van der Waals surface area contributed by atoms with E-state index in [-0.39, 0.29) is 41.2 Å². The van der Waals surface area contributed by atoms with E-state index in [1.165, 1.54) is 9.80 Å². The van der Waals surface area contributed by atoms with E-state index in [0.717, 1.165) is 11.1 Å². The van der Waals surface area contributed by atoms with Gasteiger partial charge < -0.3 is 5.11 Å². The van der Waals surface area contributed by atoms with Gasteiger partial charge in [0, 0.05) is 17.0 Å². The number of hydrogen-bond acceptors (Lipinski definition) is 5. The Morgan fingerprint density at radius 3 is 1.77 bits per heavy atom. The summed E-state index contributed by atoms with van der Waals surface area (Å²) in [6, 6.07) is 6.78. The molecule has 7 nitrogen and oxygen atoms in total. The Balaban J connectivity index is 1.64. The number of nitrogens with zero attached hydrogens (tertiary/aromatic N) is 2. The predicted molar refractivity (Wildman–Crippen MR) is 129 cm³/mol. The highest BCUT2D eigenvalue weighted by Crippen LogP contribution is 2.58. The van der Waals surface area contributed by atoms with Crippen molar-refractivity contribution in [3.05, 3.63) is 41.5 Å². The molecule has 2 aliphatic heterocycles. The molecule has 0 spiro atoms. The Labute approximate surface area is 206 Å². The summed E-state index contributed by atoms with van der Waals surface area (Å²) in [5.41, 5.74) is 0.539. The number of phenols is 1. The SMILES string of the molecule is CC(C)(C)N1C(=O)[C@H]2[C@H](CC=C3[C@H]2C[C@H]2C(=O)N(C(C)(C)C)C(=O)[C@H]2[C@H]3c2ccc(O)cc2)C1=O. The number of rotatable bonds is 1. The van der Waals surface area contributed by atoms with Crippen LogP contribution in [0.5, 0.6) is 5.75 Å². The lowest BCUT2D eigenvalue weighted by Crippen LogP contribution is -2.47. The molecule has 0 unspecified atom stereocenters. The third kappa shape index (κ3) is 3.38. The van der Waals surface area contributed by atoms with Crippen molar-refractivity contribution in [1.29, 1.82) is 0 Å². The second kappa shape index (κ2) is 7.52. The van der Waals surface area contributed by atoms with Crippen LogP contribution in [0.25, 0.3) is 0 Å². The van der Waals surface area contributed by atoms with Crippen molar-refractivity contribution in [3.63, 3.8) is 0 Å². The number of carbonyl (C=O) groups is 4. The zero-order chi connectivity index (χ0) is 25.6. The lowest BCUT2D eigenvalue weighted by molar-refractivity contribution is -0.147. The van der Waals surface area contributed by atoms with E-state index in [1.807, 2.05) is 41.5 Å². The molecule has 2 aliphatic carbocycles. The van der Waals surface area contributed by atoms with Crippen LogP contribution >= 0.6 is 0 Å². The molecule has 1 aromatic carbocycles. The van der Waals surface area contributed by atoms with Crippen molar-refractivity contribution in [2.45, 2.75) is 71.4 Å². The van der Waals surface area contributed by atoms with Crippen molar-refractivity contribution in [2.75, 3.05) is 0 Å². The summed E-state index contributed by atoms with van der Waals surface area (Å²) in [5, 5.41) is 9.88. The number of hydrogen-bond donors (Lipinski definition) is 1. The topological polar surface area (TPSA) is 95.0 Å². The quantitative estimate of drug-likeness (QED) is 0.491. The summed E-state index contributed by atoms with van der Waals surface area (Å²) in [7, 11) is 0. The van der Waals surface area contributed by atoms with Crippen molar-refractivity contribution >= 4 is 23.6 Å². The first-order valence-electron chi connectivity index (χ1n) is 12.5. The van der Waals surface area contributed by atoms with E-state index in [4.69, 9.17) is 0 Å². The minimum Gasteiger partial charge on any atom is -0.508 e. The first kappa shape index (κ1) is 23.8. The number of fused-ring (bicyclic) bond motifs is 4. The van der Waals surface area contributed by atoms with E-state index >= 15 is 0 Å². The Morgan fingerprint density at radius 2 is 1.23 bits per heavy atom. The number of phenolic OH excluding ortho intramolecular Hbond substituents is 1. The molecule has 5 rings (SSSR count). The van der Waals surface area contributed by atoms with Gasteiger partial charge in [0.1, 0.15) is 5.75 Å². The second-order valence-electron chi connectivity index (χ2n) is 12.5. The van der Waals surface area contributed by atoms with E-state index < -0.39 is 34.7 Å². The van der Waals surface area contributed by atoms with Crippen LogP contribution in [0.2, 0.25) is 0 Å². The van der Waals surface area contributed by atoms with Gasteiger partial charge in [-0.25, -0.2) is 0 Å².